The van der Waals surface area contributed by atoms with Crippen molar-refractivity contribution in [2.45, 2.75) is 18.6 Å². The zero-order valence-electron chi connectivity index (χ0n) is 14.9. The normalized spacial score (nSPS) is 18.2. The predicted molar refractivity (Wildman–Crippen MR) is 106 cm³/mol. The number of hydrogen-bond acceptors (Lipinski definition) is 4. The van der Waals surface area contributed by atoms with Gasteiger partial charge in [0.1, 0.15) is 0 Å². The van der Waals surface area contributed by atoms with Crippen LogP contribution in [0.25, 0.3) is 0 Å². The molecular formula is C22H17ClN2O3. The maximum Gasteiger partial charge on any atom is 0.264 e. The molecule has 2 aromatic carbocycles. The van der Waals surface area contributed by atoms with Crippen molar-refractivity contribution in [3.05, 3.63) is 94.8 Å². The van der Waals surface area contributed by atoms with Gasteiger partial charge in [-0.2, -0.15) is 0 Å². The van der Waals surface area contributed by atoms with Crippen LogP contribution in [-0.4, -0.2) is 21.8 Å². The molecule has 0 saturated heterocycles. The summed E-state index contributed by atoms with van der Waals surface area (Å²) in [6, 6.07) is 17.5. The highest BCUT2D eigenvalue weighted by atomic mass is 35.5. The lowest BCUT2D eigenvalue weighted by Gasteiger charge is -2.23. The van der Waals surface area contributed by atoms with E-state index < -0.39 is 11.5 Å². The number of Topliss-reactive ketones (excluding diaryl/α,β-unsaturated/α-hetero) is 1. The molecular weight excluding hydrogens is 376 g/mol. The van der Waals surface area contributed by atoms with E-state index >= 15 is 0 Å². The van der Waals surface area contributed by atoms with Crippen LogP contribution < -0.4 is 4.90 Å². The number of benzene rings is 2. The van der Waals surface area contributed by atoms with Gasteiger partial charge in [0, 0.05) is 28.5 Å². The number of aliphatic hydroxyl groups is 1. The smallest absolute Gasteiger partial charge is 0.264 e. The van der Waals surface area contributed by atoms with E-state index in [9.17, 15) is 14.7 Å². The van der Waals surface area contributed by atoms with Crippen LogP contribution in [0.2, 0.25) is 5.02 Å². The third-order valence-corrected chi connectivity index (χ3v) is 5.13. The molecule has 1 atom stereocenters. The van der Waals surface area contributed by atoms with Crippen molar-refractivity contribution in [2.24, 2.45) is 0 Å². The van der Waals surface area contributed by atoms with E-state index in [1.807, 2.05) is 30.3 Å². The highest BCUT2D eigenvalue weighted by molar-refractivity contribution is 6.31. The molecule has 6 heteroatoms. The van der Waals surface area contributed by atoms with Crippen LogP contribution in [0.4, 0.5) is 5.69 Å². The van der Waals surface area contributed by atoms with Gasteiger partial charge in [-0.05, 0) is 35.9 Å². The molecule has 1 aromatic heterocycles. The number of pyridine rings is 1. The molecule has 28 heavy (non-hydrogen) atoms. The van der Waals surface area contributed by atoms with Crippen LogP contribution in [-0.2, 0) is 16.9 Å². The monoisotopic (exact) mass is 392 g/mol. The average Bonchev–Trinajstić information content (AvgIpc) is 2.91. The van der Waals surface area contributed by atoms with E-state index in [1.54, 1.807) is 30.3 Å². The van der Waals surface area contributed by atoms with Crippen molar-refractivity contribution >= 4 is 29.0 Å². The number of fused-ring (bicyclic) bond motifs is 1. The Morgan fingerprint density at radius 1 is 1.07 bits per heavy atom. The van der Waals surface area contributed by atoms with Crippen molar-refractivity contribution in [2.75, 3.05) is 4.90 Å². The first-order valence-corrected chi connectivity index (χ1v) is 9.18. The molecule has 0 spiro atoms. The van der Waals surface area contributed by atoms with Gasteiger partial charge in [0.15, 0.2) is 11.4 Å². The van der Waals surface area contributed by atoms with Crippen molar-refractivity contribution in [3.8, 4) is 0 Å². The molecule has 0 bridgehead atoms. The summed E-state index contributed by atoms with van der Waals surface area (Å²) in [6.07, 6.45) is 2.63. The van der Waals surface area contributed by atoms with Crippen molar-refractivity contribution in [3.63, 3.8) is 0 Å². The fraction of sp³-hybridized carbons (Fsp3) is 0.136. The van der Waals surface area contributed by atoms with Gasteiger partial charge in [0.05, 0.1) is 18.7 Å². The third-order valence-electron chi connectivity index (χ3n) is 4.90. The molecule has 2 heterocycles. The van der Waals surface area contributed by atoms with Gasteiger partial charge >= 0.3 is 0 Å². The van der Waals surface area contributed by atoms with E-state index in [4.69, 9.17) is 11.6 Å². The summed E-state index contributed by atoms with van der Waals surface area (Å²) in [4.78, 5) is 31.3. The Morgan fingerprint density at radius 2 is 1.79 bits per heavy atom. The largest absolute Gasteiger partial charge is 0.375 e. The highest BCUT2D eigenvalue weighted by Gasteiger charge is 2.51. The predicted octanol–water partition coefficient (Wildman–Crippen LogP) is 3.74. The Hall–Kier alpha value is -3.02. The van der Waals surface area contributed by atoms with E-state index in [0.717, 1.165) is 5.56 Å². The summed E-state index contributed by atoms with van der Waals surface area (Å²) >= 11 is 6.13. The van der Waals surface area contributed by atoms with Crippen LogP contribution in [0.3, 0.4) is 0 Å². The summed E-state index contributed by atoms with van der Waals surface area (Å²) in [5, 5.41) is 11.7. The Bertz CT molecular complexity index is 1040. The number of ketones is 1. The van der Waals surface area contributed by atoms with Gasteiger partial charge in [-0.15, -0.1) is 0 Å². The van der Waals surface area contributed by atoms with Gasteiger partial charge < -0.3 is 10.0 Å². The second-order valence-electron chi connectivity index (χ2n) is 6.73. The maximum atomic E-state index is 13.2. The number of halogens is 1. The first kappa shape index (κ1) is 18.3. The Balaban J connectivity index is 1.72. The molecule has 0 saturated carbocycles. The molecule has 0 fully saturated rings. The summed E-state index contributed by atoms with van der Waals surface area (Å²) in [7, 11) is 0. The number of nitrogens with zero attached hydrogens (tertiary/aromatic N) is 2. The molecule has 1 aliphatic heterocycles. The molecule has 0 unspecified atom stereocenters. The lowest BCUT2D eigenvalue weighted by atomic mass is 9.88. The zero-order chi connectivity index (χ0) is 19.7. The molecule has 1 aliphatic rings. The van der Waals surface area contributed by atoms with E-state index in [-0.39, 0.29) is 12.2 Å². The minimum absolute atomic E-state index is 0.292. The van der Waals surface area contributed by atoms with Crippen molar-refractivity contribution in [1.82, 2.24) is 4.98 Å². The van der Waals surface area contributed by atoms with Gasteiger partial charge in [-0.3, -0.25) is 14.6 Å². The number of aromatic nitrogens is 1. The number of hydrogen-bond donors (Lipinski definition) is 1. The summed E-state index contributed by atoms with van der Waals surface area (Å²) in [6.45, 7) is 0.292. The molecule has 3 aromatic rings. The number of carbonyl (C=O) groups excluding carboxylic acids is 2. The van der Waals surface area contributed by atoms with E-state index in [0.29, 0.717) is 28.4 Å². The molecule has 140 valence electrons. The summed E-state index contributed by atoms with van der Waals surface area (Å²) in [5.41, 5.74) is 0.254. The molecule has 1 N–H and O–H groups in total. The van der Waals surface area contributed by atoms with E-state index in [1.165, 1.54) is 17.3 Å². The molecule has 0 radical (unpaired) electrons. The minimum Gasteiger partial charge on any atom is -0.375 e. The van der Waals surface area contributed by atoms with Gasteiger partial charge in [0.2, 0.25) is 0 Å². The van der Waals surface area contributed by atoms with Gasteiger partial charge in [-0.1, -0.05) is 41.9 Å². The fourth-order valence-corrected chi connectivity index (χ4v) is 3.66. The lowest BCUT2D eigenvalue weighted by molar-refractivity contribution is -0.136. The molecule has 1 amide bonds. The first-order chi connectivity index (χ1) is 13.5. The van der Waals surface area contributed by atoms with Crippen LogP contribution in [0.15, 0.2) is 73.1 Å². The SMILES string of the molecule is O=C(C[C@]1(O)C(=O)N(Cc2ccccc2)c2ccc(Cl)cc21)c1ccncc1. The summed E-state index contributed by atoms with van der Waals surface area (Å²) in [5.74, 6) is -0.873. The maximum absolute atomic E-state index is 13.2. The minimum atomic E-state index is -1.96. The second-order valence-corrected chi connectivity index (χ2v) is 7.17. The number of anilines is 1. The van der Waals surface area contributed by atoms with Crippen molar-refractivity contribution < 1.29 is 14.7 Å². The van der Waals surface area contributed by atoms with Crippen LogP contribution in [0.1, 0.15) is 27.9 Å². The number of carbonyl (C=O) groups is 2. The molecule has 5 nitrogen and oxygen atoms in total. The highest BCUT2D eigenvalue weighted by Crippen LogP contribution is 2.44. The van der Waals surface area contributed by atoms with E-state index in [2.05, 4.69) is 4.98 Å². The number of amides is 1. The van der Waals surface area contributed by atoms with Crippen LogP contribution >= 0.6 is 11.6 Å². The topological polar surface area (TPSA) is 70.5 Å². The zero-order valence-corrected chi connectivity index (χ0v) is 15.6. The van der Waals surface area contributed by atoms with Crippen LogP contribution in [0.5, 0.6) is 0 Å². The van der Waals surface area contributed by atoms with Crippen LogP contribution in [0, 0.1) is 0 Å². The molecule has 0 aliphatic carbocycles. The Kier molecular flexibility index (Phi) is 4.71. The summed E-state index contributed by atoms with van der Waals surface area (Å²) < 4.78 is 0. The lowest BCUT2D eigenvalue weighted by Crippen LogP contribution is -2.41. The second kappa shape index (κ2) is 7.19. The molecule has 4 rings (SSSR count). The van der Waals surface area contributed by atoms with Gasteiger partial charge in [0.25, 0.3) is 5.91 Å². The average molecular weight is 393 g/mol. The quantitative estimate of drug-likeness (QED) is 0.671. The Morgan fingerprint density at radius 3 is 2.50 bits per heavy atom. The van der Waals surface area contributed by atoms with Gasteiger partial charge in [-0.25, -0.2) is 0 Å². The third kappa shape index (κ3) is 3.19. The number of rotatable bonds is 5. The Labute approximate surface area is 167 Å². The standard InChI is InChI=1S/C22H17ClN2O3/c23-17-6-7-19-18(12-17)22(28,13-20(26)16-8-10-24-11-9-16)21(27)25(19)14-15-4-2-1-3-5-15/h1-12,28H,13-14H2/t22-/m1/s1. The first-order valence-electron chi connectivity index (χ1n) is 8.80. The van der Waals surface area contributed by atoms with Crippen molar-refractivity contribution in [1.29, 1.82) is 0 Å². The fourth-order valence-electron chi connectivity index (χ4n) is 3.49.